The van der Waals surface area contributed by atoms with Crippen LogP contribution < -0.4 is 5.32 Å². The lowest BCUT2D eigenvalue weighted by atomic mass is 10.2. The Bertz CT molecular complexity index is 487. The van der Waals surface area contributed by atoms with E-state index < -0.39 is 17.9 Å². The first-order chi connectivity index (χ1) is 9.10. The van der Waals surface area contributed by atoms with E-state index >= 15 is 0 Å². The van der Waals surface area contributed by atoms with Crippen LogP contribution in [0.2, 0.25) is 0 Å². The van der Waals surface area contributed by atoms with Crippen molar-refractivity contribution in [2.75, 3.05) is 13.7 Å². The highest BCUT2D eigenvalue weighted by atomic mass is 16.5. The molecule has 1 rings (SSSR count). The van der Waals surface area contributed by atoms with Crippen molar-refractivity contribution in [3.63, 3.8) is 0 Å². The summed E-state index contributed by atoms with van der Waals surface area (Å²) in [5.41, 5.74) is 0.375. The van der Waals surface area contributed by atoms with E-state index in [-0.39, 0.29) is 6.42 Å². The van der Waals surface area contributed by atoms with Crippen LogP contribution in [0, 0.1) is 12.3 Å². The Balaban J connectivity index is 2.74. The van der Waals surface area contributed by atoms with Crippen LogP contribution >= 0.6 is 0 Å². The molecule has 0 saturated carbocycles. The van der Waals surface area contributed by atoms with E-state index in [9.17, 15) is 9.59 Å². The Kier molecular flexibility index (Phi) is 5.64. The smallest absolute Gasteiger partial charge is 0.327 e. The van der Waals surface area contributed by atoms with Gasteiger partial charge in [-0.2, -0.15) is 0 Å². The third-order valence-corrected chi connectivity index (χ3v) is 2.52. The van der Waals surface area contributed by atoms with Gasteiger partial charge in [-0.1, -0.05) is 0 Å². The summed E-state index contributed by atoms with van der Waals surface area (Å²) in [5.74, 6) is 0.606. The summed E-state index contributed by atoms with van der Waals surface area (Å²) >= 11 is 0. The summed E-state index contributed by atoms with van der Waals surface area (Å²) in [7, 11) is 1.57. The average Bonchev–Trinajstić information content (AvgIpc) is 2.83. The van der Waals surface area contributed by atoms with Gasteiger partial charge in [0.05, 0.1) is 6.61 Å². The number of aromatic nitrogens is 1. The molecule has 1 amide bonds. The summed E-state index contributed by atoms with van der Waals surface area (Å²) in [6.45, 7) is 0.973. The molecule has 0 aromatic carbocycles. The molecule has 1 unspecified atom stereocenters. The standard InChI is InChI=1S/C13H16N2O4/c1-3-5-10(13(17)18)14-12(16)11-6-4-7-15(11)8-9-19-2/h1,4,6-7,10H,5,8-9H2,2H3,(H,14,16)(H,17,18). The summed E-state index contributed by atoms with van der Waals surface area (Å²) in [6.07, 6.45) is 6.74. The van der Waals surface area contributed by atoms with Crippen molar-refractivity contribution < 1.29 is 19.4 Å². The maximum Gasteiger partial charge on any atom is 0.327 e. The van der Waals surface area contributed by atoms with Crippen molar-refractivity contribution in [3.8, 4) is 12.3 Å². The fraction of sp³-hybridized carbons (Fsp3) is 0.385. The van der Waals surface area contributed by atoms with Crippen LogP contribution in [0.4, 0.5) is 0 Å². The quantitative estimate of drug-likeness (QED) is 0.696. The lowest BCUT2D eigenvalue weighted by Crippen LogP contribution is -2.41. The molecule has 0 aliphatic heterocycles. The minimum atomic E-state index is -1.15. The number of terminal acetylenes is 1. The van der Waals surface area contributed by atoms with E-state index in [0.717, 1.165) is 0 Å². The molecule has 1 aromatic rings. The molecule has 6 heteroatoms. The van der Waals surface area contributed by atoms with E-state index in [0.29, 0.717) is 18.8 Å². The molecule has 1 aromatic heterocycles. The molecule has 0 spiro atoms. The number of nitrogens with zero attached hydrogens (tertiary/aromatic N) is 1. The Morgan fingerprint density at radius 3 is 2.95 bits per heavy atom. The second kappa shape index (κ2) is 7.24. The maximum absolute atomic E-state index is 12.0. The van der Waals surface area contributed by atoms with Gasteiger partial charge in [0, 0.05) is 26.3 Å². The largest absolute Gasteiger partial charge is 0.480 e. The highest BCUT2D eigenvalue weighted by Crippen LogP contribution is 2.04. The minimum absolute atomic E-state index is 0.0557. The van der Waals surface area contributed by atoms with Gasteiger partial charge >= 0.3 is 5.97 Å². The number of carboxylic acid groups (broad SMARTS) is 1. The Labute approximate surface area is 111 Å². The summed E-state index contributed by atoms with van der Waals surface area (Å²) in [4.78, 5) is 22.9. The molecule has 0 bridgehead atoms. The van der Waals surface area contributed by atoms with E-state index in [2.05, 4.69) is 11.2 Å². The maximum atomic E-state index is 12.0. The number of aliphatic carboxylic acids is 1. The average molecular weight is 264 g/mol. The van der Waals surface area contributed by atoms with E-state index in [1.54, 1.807) is 30.0 Å². The molecule has 6 nitrogen and oxygen atoms in total. The van der Waals surface area contributed by atoms with E-state index in [1.807, 2.05) is 0 Å². The molecular formula is C13H16N2O4. The summed E-state index contributed by atoms with van der Waals surface area (Å²) in [6, 6.07) is 2.24. The van der Waals surface area contributed by atoms with Crippen LogP contribution in [0.25, 0.3) is 0 Å². The SMILES string of the molecule is C#CCC(NC(=O)c1cccn1CCOC)C(=O)O. The van der Waals surface area contributed by atoms with Crippen LogP contribution in [-0.2, 0) is 16.1 Å². The normalized spacial score (nSPS) is 11.6. The molecule has 1 heterocycles. The number of hydrogen-bond acceptors (Lipinski definition) is 3. The van der Waals surface area contributed by atoms with Crippen molar-refractivity contribution in [1.29, 1.82) is 0 Å². The number of nitrogens with one attached hydrogen (secondary N) is 1. The van der Waals surface area contributed by atoms with E-state index in [1.165, 1.54) is 0 Å². The topological polar surface area (TPSA) is 80.6 Å². The Morgan fingerprint density at radius 1 is 1.63 bits per heavy atom. The summed E-state index contributed by atoms with van der Waals surface area (Å²) < 4.78 is 6.62. The summed E-state index contributed by atoms with van der Waals surface area (Å²) in [5, 5.41) is 11.3. The van der Waals surface area contributed by atoms with Crippen LogP contribution in [0.5, 0.6) is 0 Å². The lowest BCUT2D eigenvalue weighted by molar-refractivity contribution is -0.139. The first-order valence-corrected chi connectivity index (χ1v) is 5.71. The van der Waals surface area contributed by atoms with Crippen LogP contribution in [-0.4, -0.2) is 41.3 Å². The minimum Gasteiger partial charge on any atom is -0.480 e. The fourth-order valence-corrected chi connectivity index (χ4v) is 1.55. The highest BCUT2D eigenvalue weighted by Gasteiger charge is 2.21. The number of amides is 1. The van der Waals surface area contributed by atoms with Gasteiger partial charge in [0.15, 0.2) is 0 Å². The number of methoxy groups -OCH3 is 1. The molecule has 0 aliphatic carbocycles. The number of carbonyl (C=O) groups excluding carboxylic acids is 1. The highest BCUT2D eigenvalue weighted by molar-refractivity contribution is 5.95. The Morgan fingerprint density at radius 2 is 2.37 bits per heavy atom. The molecule has 102 valence electrons. The van der Waals surface area contributed by atoms with Gasteiger partial charge in [-0.05, 0) is 12.1 Å². The van der Waals surface area contributed by atoms with Crippen molar-refractivity contribution in [3.05, 3.63) is 24.0 Å². The zero-order valence-electron chi connectivity index (χ0n) is 10.6. The molecule has 0 fully saturated rings. The number of carboxylic acids is 1. The van der Waals surface area contributed by atoms with Crippen LogP contribution in [0.15, 0.2) is 18.3 Å². The fourth-order valence-electron chi connectivity index (χ4n) is 1.55. The van der Waals surface area contributed by atoms with Crippen molar-refractivity contribution in [1.82, 2.24) is 9.88 Å². The van der Waals surface area contributed by atoms with Gasteiger partial charge in [0.25, 0.3) is 5.91 Å². The van der Waals surface area contributed by atoms with Gasteiger partial charge in [0.1, 0.15) is 11.7 Å². The molecule has 1 atom stereocenters. The monoisotopic (exact) mass is 264 g/mol. The third-order valence-electron chi connectivity index (χ3n) is 2.52. The van der Waals surface area contributed by atoms with Crippen molar-refractivity contribution >= 4 is 11.9 Å². The van der Waals surface area contributed by atoms with Crippen LogP contribution in [0.3, 0.4) is 0 Å². The number of rotatable bonds is 7. The van der Waals surface area contributed by atoms with E-state index in [4.69, 9.17) is 16.3 Å². The van der Waals surface area contributed by atoms with Gasteiger partial charge in [0.2, 0.25) is 0 Å². The van der Waals surface area contributed by atoms with Crippen molar-refractivity contribution in [2.24, 2.45) is 0 Å². The molecule has 0 saturated heterocycles. The second-order valence-electron chi connectivity index (χ2n) is 3.85. The number of ether oxygens (including phenoxy) is 1. The first kappa shape index (κ1) is 14.8. The molecule has 19 heavy (non-hydrogen) atoms. The van der Waals surface area contributed by atoms with Gasteiger partial charge in [-0.15, -0.1) is 12.3 Å². The number of hydrogen-bond donors (Lipinski definition) is 2. The molecule has 0 aliphatic rings. The molecular weight excluding hydrogens is 248 g/mol. The van der Waals surface area contributed by atoms with Gasteiger partial charge in [-0.3, -0.25) is 4.79 Å². The molecule has 0 radical (unpaired) electrons. The Hall–Kier alpha value is -2.26. The molecule has 2 N–H and O–H groups in total. The predicted molar refractivity (Wildman–Crippen MR) is 68.6 cm³/mol. The second-order valence-corrected chi connectivity index (χ2v) is 3.85. The lowest BCUT2D eigenvalue weighted by Gasteiger charge is -2.13. The number of carbonyl (C=O) groups is 2. The first-order valence-electron chi connectivity index (χ1n) is 5.71. The van der Waals surface area contributed by atoms with Crippen molar-refractivity contribution in [2.45, 2.75) is 19.0 Å². The van der Waals surface area contributed by atoms with Crippen LogP contribution in [0.1, 0.15) is 16.9 Å². The van der Waals surface area contributed by atoms with Gasteiger partial charge in [-0.25, -0.2) is 4.79 Å². The van der Waals surface area contributed by atoms with Gasteiger partial charge < -0.3 is 19.7 Å². The predicted octanol–water partition coefficient (Wildman–Crippen LogP) is 0.341. The third kappa shape index (κ3) is 4.16. The zero-order valence-corrected chi connectivity index (χ0v) is 10.6. The zero-order chi connectivity index (χ0) is 14.3.